The Morgan fingerprint density at radius 1 is 1.07 bits per heavy atom. The van der Waals surface area contributed by atoms with E-state index in [0.29, 0.717) is 6.42 Å². The third-order valence-corrected chi connectivity index (χ3v) is 5.06. The van der Waals surface area contributed by atoms with E-state index in [1.165, 1.54) is 0 Å². The van der Waals surface area contributed by atoms with Crippen molar-refractivity contribution in [1.29, 1.82) is 0 Å². The third kappa shape index (κ3) is 2.79. The fourth-order valence-corrected chi connectivity index (χ4v) is 3.26. The fraction of sp³-hybridized carbons (Fsp3) is 0.190. The van der Waals surface area contributed by atoms with Crippen LogP contribution in [-0.2, 0) is 4.79 Å². The number of H-pyrrole nitrogens is 1. The minimum absolute atomic E-state index is 0.340. The van der Waals surface area contributed by atoms with Gasteiger partial charge in [-0.1, -0.05) is 55.5 Å². The second-order valence-corrected chi connectivity index (χ2v) is 6.80. The first kappa shape index (κ1) is 17.0. The van der Waals surface area contributed by atoms with Crippen LogP contribution in [0.25, 0.3) is 22.2 Å². The van der Waals surface area contributed by atoms with Gasteiger partial charge in [0.15, 0.2) is 0 Å². The summed E-state index contributed by atoms with van der Waals surface area (Å²) in [7, 11) is 0. The number of imide groups is 1. The molecule has 1 saturated heterocycles. The highest BCUT2D eigenvalue weighted by atomic mass is 16.2. The molecule has 2 heterocycles. The molecular weight excluding hydrogens is 340 g/mol. The molecule has 0 radical (unpaired) electrons. The lowest BCUT2D eigenvalue weighted by atomic mass is 10.00. The van der Waals surface area contributed by atoms with Crippen molar-refractivity contribution >= 4 is 29.1 Å². The van der Waals surface area contributed by atoms with Crippen molar-refractivity contribution in [2.75, 3.05) is 0 Å². The molecule has 0 spiro atoms. The second kappa shape index (κ2) is 6.39. The van der Waals surface area contributed by atoms with Gasteiger partial charge < -0.3 is 10.3 Å². The Morgan fingerprint density at radius 3 is 2.48 bits per heavy atom. The van der Waals surface area contributed by atoms with Gasteiger partial charge in [-0.25, -0.2) is 4.79 Å². The molecule has 27 heavy (non-hydrogen) atoms. The van der Waals surface area contributed by atoms with Gasteiger partial charge in [0, 0.05) is 16.5 Å². The summed E-state index contributed by atoms with van der Waals surface area (Å²) < 4.78 is 0. The van der Waals surface area contributed by atoms with Crippen molar-refractivity contribution in [3.05, 3.63) is 60.2 Å². The second-order valence-electron chi connectivity index (χ2n) is 6.80. The maximum Gasteiger partial charge on any atom is 0.346 e. The van der Waals surface area contributed by atoms with E-state index in [0.717, 1.165) is 32.7 Å². The Labute approximate surface area is 156 Å². The van der Waals surface area contributed by atoms with Gasteiger partial charge in [0.05, 0.1) is 11.9 Å². The van der Waals surface area contributed by atoms with Crippen molar-refractivity contribution < 1.29 is 9.59 Å². The van der Waals surface area contributed by atoms with Gasteiger partial charge in [0.25, 0.3) is 5.91 Å². The summed E-state index contributed by atoms with van der Waals surface area (Å²) in [5.41, 5.74) is 2.80. The average Bonchev–Trinajstić information content (AvgIpc) is 3.16. The maximum atomic E-state index is 12.6. The third-order valence-electron chi connectivity index (χ3n) is 5.06. The predicted molar refractivity (Wildman–Crippen MR) is 105 cm³/mol. The molecule has 3 aromatic rings. The molecule has 136 valence electrons. The lowest BCUT2D eigenvalue weighted by Gasteiger charge is -2.17. The number of para-hydroxylation sites is 1. The topological polar surface area (TPSA) is 77.6 Å². The van der Waals surface area contributed by atoms with Crippen molar-refractivity contribution in [2.24, 2.45) is 5.10 Å². The van der Waals surface area contributed by atoms with Crippen molar-refractivity contribution in [3.63, 3.8) is 0 Å². The molecule has 1 aliphatic heterocycles. The Balaban J connectivity index is 1.79. The molecule has 0 unspecified atom stereocenters. The van der Waals surface area contributed by atoms with E-state index >= 15 is 0 Å². The summed E-state index contributed by atoms with van der Waals surface area (Å²) in [6.45, 7) is 3.57. The lowest BCUT2D eigenvalue weighted by molar-refractivity contribution is -0.130. The van der Waals surface area contributed by atoms with Gasteiger partial charge in [-0.05, 0) is 25.0 Å². The molecule has 2 N–H and O–H groups in total. The Kier molecular flexibility index (Phi) is 4.03. The van der Waals surface area contributed by atoms with Crippen LogP contribution in [-0.4, -0.2) is 33.7 Å². The number of benzene rings is 2. The van der Waals surface area contributed by atoms with Crippen LogP contribution in [0.5, 0.6) is 0 Å². The Morgan fingerprint density at radius 2 is 1.78 bits per heavy atom. The first-order valence-electron chi connectivity index (χ1n) is 8.90. The van der Waals surface area contributed by atoms with Crippen LogP contribution in [0.4, 0.5) is 4.79 Å². The quantitative estimate of drug-likeness (QED) is 0.547. The number of aromatic amines is 1. The molecule has 1 aromatic heterocycles. The van der Waals surface area contributed by atoms with Gasteiger partial charge in [0.2, 0.25) is 0 Å². The normalized spacial score (nSPS) is 20.0. The van der Waals surface area contributed by atoms with Crippen molar-refractivity contribution in [1.82, 2.24) is 15.3 Å². The number of carbonyl (C=O) groups is 2. The van der Waals surface area contributed by atoms with Crippen molar-refractivity contribution in [3.8, 4) is 11.3 Å². The van der Waals surface area contributed by atoms with Gasteiger partial charge in [0.1, 0.15) is 5.54 Å². The van der Waals surface area contributed by atoms with Crippen LogP contribution in [0.1, 0.15) is 25.8 Å². The molecule has 0 saturated carbocycles. The van der Waals surface area contributed by atoms with Crippen LogP contribution in [0, 0.1) is 0 Å². The van der Waals surface area contributed by atoms with E-state index in [1.807, 2.05) is 61.5 Å². The van der Waals surface area contributed by atoms with Gasteiger partial charge in [-0.2, -0.15) is 5.10 Å². The smallest absolute Gasteiger partial charge is 0.346 e. The highest BCUT2D eigenvalue weighted by Gasteiger charge is 2.46. The Hall–Kier alpha value is -3.41. The number of nitrogens with one attached hydrogen (secondary N) is 2. The number of hydrogen-bond acceptors (Lipinski definition) is 3. The molecule has 0 aliphatic carbocycles. The molecule has 1 fully saturated rings. The van der Waals surface area contributed by atoms with E-state index < -0.39 is 11.6 Å². The summed E-state index contributed by atoms with van der Waals surface area (Å²) in [6.07, 6.45) is 2.09. The molecule has 1 aliphatic rings. The van der Waals surface area contributed by atoms with Gasteiger partial charge in [-0.3, -0.25) is 4.79 Å². The zero-order valence-electron chi connectivity index (χ0n) is 15.2. The minimum Gasteiger partial charge on any atom is -0.354 e. The highest BCUT2D eigenvalue weighted by molar-refractivity contribution is 6.09. The van der Waals surface area contributed by atoms with Gasteiger partial charge in [-0.15, -0.1) is 5.01 Å². The Bertz CT molecular complexity index is 1050. The SMILES string of the molecule is CC[C@@]1(C)NC(=O)N(/N=C/c2c(-c3ccccc3)[nH]c3ccccc23)C1=O. The summed E-state index contributed by atoms with van der Waals surface area (Å²) in [5, 5.41) is 8.84. The molecule has 0 bridgehead atoms. The first-order chi connectivity index (χ1) is 13.0. The van der Waals surface area contributed by atoms with Crippen LogP contribution >= 0.6 is 0 Å². The summed E-state index contributed by atoms with van der Waals surface area (Å²) in [4.78, 5) is 28.2. The molecule has 3 amide bonds. The number of fused-ring (bicyclic) bond motifs is 1. The summed E-state index contributed by atoms with van der Waals surface area (Å²) in [5.74, 6) is -0.340. The number of nitrogens with zero attached hydrogens (tertiary/aromatic N) is 2. The zero-order chi connectivity index (χ0) is 19.0. The van der Waals surface area contributed by atoms with Crippen LogP contribution < -0.4 is 5.32 Å². The van der Waals surface area contributed by atoms with Crippen LogP contribution in [0.2, 0.25) is 0 Å². The van der Waals surface area contributed by atoms with E-state index in [2.05, 4.69) is 15.4 Å². The first-order valence-corrected chi connectivity index (χ1v) is 8.90. The van der Waals surface area contributed by atoms with Crippen molar-refractivity contribution in [2.45, 2.75) is 25.8 Å². The standard InChI is InChI=1S/C21H20N4O2/c1-3-21(2)19(26)25(20(27)24-21)22-13-16-15-11-7-8-12-17(15)23-18(16)14-9-5-4-6-10-14/h4-13,23H,3H2,1-2H3,(H,24,27)/b22-13+/t21-/m1/s1. The molecular formula is C21H20N4O2. The highest BCUT2D eigenvalue weighted by Crippen LogP contribution is 2.29. The summed E-state index contributed by atoms with van der Waals surface area (Å²) in [6, 6.07) is 17.3. The van der Waals surface area contributed by atoms with Crippen LogP contribution in [0.3, 0.4) is 0 Å². The molecule has 4 rings (SSSR count). The number of hydrogen-bond donors (Lipinski definition) is 2. The molecule has 6 heteroatoms. The van der Waals surface area contributed by atoms with E-state index in [9.17, 15) is 9.59 Å². The summed E-state index contributed by atoms with van der Waals surface area (Å²) >= 11 is 0. The van der Waals surface area contributed by atoms with E-state index in [1.54, 1.807) is 13.1 Å². The number of amides is 3. The predicted octanol–water partition coefficient (Wildman–Crippen LogP) is 3.89. The maximum absolute atomic E-state index is 12.6. The number of hydrazone groups is 1. The molecule has 1 atom stereocenters. The minimum atomic E-state index is -0.906. The largest absolute Gasteiger partial charge is 0.354 e. The van der Waals surface area contributed by atoms with E-state index in [-0.39, 0.29) is 5.91 Å². The number of carbonyl (C=O) groups excluding carboxylic acids is 2. The fourth-order valence-electron chi connectivity index (χ4n) is 3.26. The van der Waals surface area contributed by atoms with Gasteiger partial charge >= 0.3 is 6.03 Å². The van der Waals surface area contributed by atoms with E-state index in [4.69, 9.17) is 0 Å². The number of rotatable bonds is 4. The zero-order valence-corrected chi connectivity index (χ0v) is 15.2. The number of urea groups is 1. The monoisotopic (exact) mass is 360 g/mol. The molecule has 2 aromatic carbocycles. The van der Waals surface area contributed by atoms with Crippen LogP contribution in [0.15, 0.2) is 59.7 Å². The molecule has 6 nitrogen and oxygen atoms in total. The lowest BCUT2D eigenvalue weighted by Crippen LogP contribution is -2.42. The average molecular weight is 360 g/mol. The number of aromatic nitrogens is 1.